The van der Waals surface area contributed by atoms with E-state index in [-0.39, 0.29) is 17.3 Å². The summed E-state index contributed by atoms with van der Waals surface area (Å²) in [6.45, 7) is 3.39. The van der Waals surface area contributed by atoms with Crippen molar-refractivity contribution in [2.24, 2.45) is 0 Å². The van der Waals surface area contributed by atoms with Crippen molar-refractivity contribution in [3.05, 3.63) is 33.2 Å². The molecule has 0 unspecified atom stereocenters. The maximum Gasteiger partial charge on any atom is 0.265 e. The van der Waals surface area contributed by atoms with Gasteiger partial charge in [0.25, 0.3) is 11.8 Å². The molecule has 2 aromatic rings. The zero-order valence-corrected chi connectivity index (χ0v) is 15.4. The quantitative estimate of drug-likeness (QED) is 0.907. The van der Waals surface area contributed by atoms with E-state index >= 15 is 0 Å². The number of furan rings is 1. The number of Topliss-reactive ketones (excluding diaryl/α,β-unsaturated/α-hetero) is 1. The van der Waals surface area contributed by atoms with Gasteiger partial charge >= 0.3 is 0 Å². The molecular weight excluding hydrogens is 342 g/mol. The Morgan fingerprint density at radius 3 is 2.64 bits per heavy atom. The molecule has 0 aliphatic heterocycles. The number of thiazole rings is 1. The molecule has 0 saturated carbocycles. The number of amides is 2. The average Bonchev–Trinajstić information content (AvgIpc) is 3.06. The number of hydrogen-bond donors (Lipinski definition) is 1. The van der Waals surface area contributed by atoms with Gasteiger partial charge in [-0.3, -0.25) is 19.7 Å². The first-order valence-corrected chi connectivity index (χ1v) is 8.77. The number of nitrogens with zero attached hydrogens (tertiary/aromatic N) is 2. The molecular formula is C17H19N3O4S. The number of carbonyl (C=O) groups excluding carboxylic acids is 3. The van der Waals surface area contributed by atoms with Gasteiger partial charge in [0.2, 0.25) is 0 Å². The van der Waals surface area contributed by atoms with Crippen LogP contribution in [-0.4, -0.2) is 41.6 Å². The molecule has 0 atom stereocenters. The minimum absolute atomic E-state index is 0.0676. The largest absolute Gasteiger partial charge is 0.465 e. The summed E-state index contributed by atoms with van der Waals surface area (Å²) in [6, 6.07) is 0. The highest BCUT2D eigenvalue weighted by molar-refractivity contribution is 7.17. The van der Waals surface area contributed by atoms with Gasteiger partial charge < -0.3 is 9.32 Å². The first-order chi connectivity index (χ1) is 11.8. The van der Waals surface area contributed by atoms with Crippen molar-refractivity contribution in [3.8, 4) is 0 Å². The zero-order valence-electron chi connectivity index (χ0n) is 14.6. The number of hydrogen-bond acceptors (Lipinski definition) is 6. The summed E-state index contributed by atoms with van der Waals surface area (Å²) < 4.78 is 5.61. The smallest absolute Gasteiger partial charge is 0.265 e. The first kappa shape index (κ1) is 17.3. The van der Waals surface area contributed by atoms with Crippen molar-refractivity contribution in [1.29, 1.82) is 0 Å². The summed E-state index contributed by atoms with van der Waals surface area (Å²) in [5.41, 5.74) is 1.22. The molecule has 2 amide bonds. The number of aryl methyl sites for hydroxylation is 3. The standard InChI is InChI=1S/C17H19N3O4S/c1-8-14(16(23)20(3)4)25-17(18-8)19-15(22)12-9(2)24-11-7-5-6-10(21)13(11)12/h5-7H2,1-4H3,(H,18,19,22). The molecule has 3 rings (SSSR count). The Morgan fingerprint density at radius 1 is 1.24 bits per heavy atom. The van der Waals surface area contributed by atoms with Crippen LogP contribution < -0.4 is 5.32 Å². The minimum atomic E-state index is -0.435. The van der Waals surface area contributed by atoms with E-state index in [0.717, 1.165) is 17.8 Å². The fraction of sp³-hybridized carbons (Fsp3) is 0.412. The predicted octanol–water partition coefficient (Wildman–Crippen LogP) is 2.83. The second kappa shape index (κ2) is 6.44. The highest BCUT2D eigenvalue weighted by Gasteiger charge is 2.31. The van der Waals surface area contributed by atoms with Gasteiger partial charge in [0.15, 0.2) is 10.9 Å². The lowest BCUT2D eigenvalue weighted by molar-refractivity contribution is 0.0830. The van der Waals surface area contributed by atoms with Crippen molar-refractivity contribution < 1.29 is 18.8 Å². The van der Waals surface area contributed by atoms with Crippen LogP contribution in [0.25, 0.3) is 0 Å². The number of nitrogens with one attached hydrogen (secondary N) is 1. The molecule has 0 saturated heterocycles. The van der Waals surface area contributed by atoms with Gasteiger partial charge in [-0.05, 0) is 20.3 Å². The molecule has 7 nitrogen and oxygen atoms in total. The van der Waals surface area contributed by atoms with Crippen molar-refractivity contribution in [3.63, 3.8) is 0 Å². The Kier molecular flexibility index (Phi) is 4.47. The fourth-order valence-corrected chi connectivity index (χ4v) is 3.88. The van der Waals surface area contributed by atoms with Crippen molar-refractivity contribution in [1.82, 2.24) is 9.88 Å². The van der Waals surface area contributed by atoms with E-state index in [1.165, 1.54) is 4.90 Å². The van der Waals surface area contributed by atoms with Crippen LogP contribution in [0.5, 0.6) is 0 Å². The van der Waals surface area contributed by atoms with Crippen LogP contribution >= 0.6 is 11.3 Å². The SMILES string of the molecule is Cc1nc(NC(=O)c2c(C)oc3c2C(=O)CCC3)sc1C(=O)N(C)C. The summed E-state index contributed by atoms with van der Waals surface area (Å²) in [4.78, 5) is 43.2. The van der Waals surface area contributed by atoms with Crippen LogP contribution in [0.3, 0.4) is 0 Å². The topological polar surface area (TPSA) is 92.5 Å². The van der Waals surface area contributed by atoms with Crippen molar-refractivity contribution in [2.45, 2.75) is 33.1 Å². The maximum atomic E-state index is 12.7. The molecule has 2 aromatic heterocycles. The number of fused-ring (bicyclic) bond motifs is 1. The van der Waals surface area contributed by atoms with E-state index in [1.807, 2.05) is 0 Å². The summed E-state index contributed by atoms with van der Waals surface area (Å²) in [5.74, 6) is 0.341. The normalized spacial score (nSPS) is 13.5. The minimum Gasteiger partial charge on any atom is -0.465 e. The van der Waals surface area contributed by atoms with Crippen molar-refractivity contribution >= 4 is 34.1 Å². The number of ketones is 1. The van der Waals surface area contributed by atoms with Gasteiger partial charge in [0.05, 0.1) is 16.8 Å². The third-order valence-electron chi connectivity index (χ3n) is 4.09. The fourth-order valence-electron chi connectivity index (χ4n) is 2.89. The second-order valence-electron chi connectivity index (χ2n) is 6.20. The Hall–Kier alpha value is -2.48. The Labute approximate surface area is 149 Å². The molecule has 0 radical (unpaired) electrons. The maximum absolute atomic E-state index is 12.7. The summed E-state index contributed by atoms with van der Waals surface area (Å²) in [7, 11) is 3.32. The van der Waals surface area contributed by atoms with Gasteiger partial charge in [-0.25, -0.2) is 4.98 Å². The molecule has 2 heterocycles. The van der Waals surface area contributed by atoms with Gasteiger partial charge in [0.1, 0.15) is 16.4 Å². The summed E-state index contributed by atoms with van der Waals surface area (Å²) in [6.07, 6.45) is 1.82. The molecule has 25 heavy (non-hydrogen) atoms. The molecule has 0 fully saturated rings. The monoisotopic (exact) mass is 361 g/mol. The van der Waals surface area contributed by atoms with Gasteiger partial charge in [0, 0.05) is 26.9 Å². The van der Waals surface area contributed by atoms with Crippen LogP contribution in [0.15, 0.2) is 4.42 Å². The van der Waals surface area contributed by atoms with E-state index < -0.39 is 5.91 Å². The lowest BCUT2D eigenvalue weighted by Crippen LogP contribution is -2.21. The molecule has 0 spiro atoms. The second-order valence-corrected chi connectivity index (χ2v) is 7.19. The zero-order chi connectivity index (χ0) is 18.3. The van der Waals surface area contributed by atoms with Gasteiger partial charge in [-0.2, -0.15) is 0 Å². The highest BCUT2D eigenvalue weighted by atomic mass is 32.1. The third kappa shape index (κ3) is 3.09. The van der Waals surface area contributed by atoms with Gasteiger partial charge in [-0.15, -0.1) is 0 Å². The van der Waals surface area contributed by atoms with E-state index in [2.05, 4.69) is 10.3 Å². The highest BCUT2D eigenvalue weighted by Crippen LogP contribution is 2.31. The molecule has 8 heteroatoms. The van der Waals surface area contributed by atoms with Crippen LogP contribution in [-0.2, 0) is 6.42 Å². The lowest BCUT2D eigenvalue weighted by atomic mass is 9.93. The molecule has 1 aliphatic rings. The molecule has 0 bridgehead atoms. The Bertz CT molecular complexity index is 879. The number of carbonyl (C=O) groups is 3. The first-order valence-electron chi connectivity index (χ1n) is 7.95. The summed E-state index contributed by atoms with van der Waals surface area (Å²) >= 11 is 1.12. The predicted molar refractivity (Wildman–Crippen MR) is 93.5 cm³/mol. The van der Waals surface area contributed by atoms with Crippen LogP contribution in [0.2, 0.25) is 0 Å². The number of aromatic nitrogens is 1. The van der Waals surface area contributed by atoms with Gasteiger partial charge in [-0.1, -0.05) is 11.3 Å². The number of rotatable bonds is 3. The van der Waals surface area contributed by atoms with Crippen LogP contribution in [0, 0.1) is 13.8 Å². The summed E-state index contributed by atoms with van der Waals surface area (Å²) in [5, 5.41) is 3.02. The van der Waals surface area contributed by atoms with Crippen LogP contribution in [0.1, 0.15) is 60.4 Å². The van der Waals surface area contributed by atoms with E-state index in [9.17, 15) is 14.4 Å². The third-order valence-corrected chi connectivity index (χ3v) is 5.15. The Morgan fingerprint density at radius 2 is 1.96 bits per heavy atom. The lowest BCUT2D eigenvalue weighted by Gasteiger charge is -2.09. The molecule has 1 N–H and O–H groups in total. The molecule has 132 valence electrons. The van der Waals surface area contributed by atoms with E-state index in [1.54, 1.807) is 27.9 Å². The van der Waals surface area contributed by atoms with Crippen molar-refractivity contribution in [2.75, 3.05) is 19.4 Å². The number of anilines is 1. The van der Waals surface area contributed by atoms with E-state index in [4.69, 9.17) is 4.42 Å². The molecule has 0 aromatic carbocycles. The van der Waals surface area contributed by atoms with E-state index in [0.29, 0.717) is 45.6 Å². The Balaban J connectivity index is 1.89. The average molecular weight is 361 g/mol. The van der Waals surface area contributed by atoms with Crippen LogP contribution in [0.4, 0.5) is 5.13 Å². The molecule has 1 aliphatic carbocycles.